The molecule has 0 N–H and O–H groups in total. The van der Waals surface area contributed by atoms with Gasteiger partial charge in [0, 0.05) is 11.6 Å². The molecule has 80 valence electrons. The molecule has 1 rings (SSSR count). The Morgan fingerprint density at radius 3 is 2.93 bits per heavy atom. The van der Waals surface area contributed by atoms with Crippen LogP contribution in [0.5, 0.6) is 0 Å². The van der Waals surface area contributed by atoms with Gasteiger partial charge in [-0.25, -0.2) is 4.39 Å². The molecule has 0 aliphatic rings. The third-order valence-corrected chi connectivity index (χ3v) is 1.98. The smallest absolute Gasteiger partial charge is 0.188 e. The second-order valence-corrected chi connectivity index (χ2v) is 3.16. The zero-order valence-corrected chi connectivity index (χ0v) is 8.92. The summed E-state index contributed by atoms with van der Waals surface area (Å²) in [6.07, 6.45) is 2.58. The summed E-state index contributed by atoms with van der Waals surface area (Å²) >= 11 is 5.54. The molecule has 0 saturated heterocycles. The zero-order valence-electron chi connectivity index (χ0n) is 8.17. The highest BCUT2D eigenvalue weighted by molar-refractivity contribution is 6.31. The molecule has 1 aromatic carbocycles. The van der Waals surface area contributed by atoms with Crippen molar-refractivity contribution in [1.82, 2.24) is 0 Å². The van der Waals surface area contributed by atoms with Crippen LogP contribution in [0, 0.1) is 5.82 Å². The first kappa shape index (κ1) is 11.7. The Morgan fingerprint density at radius 2 is 2.33 bits per heavy atom. The number of hydrogen-bond acceptors (Lipinski definition) is 2. The number of ketones is 1. The number of ether oxygens (including phenoxy) is 1. The van der Waals surface area contributed by atoms with Crippen molar-refractivity contribution >= 4 is 17.4 Å². The number of carbonyl (C=O) groups is 1. The molecule has 15 heavy (non-hydrogen) atoms. The monoisotopic (exact) mass is 228 g/mol. The number of hydrogen-bond donors (Lipinski definition) is 0. The van der Waals surface area contributed by atoms with Crippen molar-refractivity contribution in [3.05, 3.63) is 46.9 Å². The largest absolute Gasteiger partial charge is 0.501 e. The van der Waals surface area contributed by atoms with Gasteiger partial charge in [0.15, 0.2) is 5.78 Å². The van der Waals surface area contributed by atoms with Crippen LogP contribution in [0.15, 0.2) is 30.5 Å². The number of carbonyl (C=O) groups excluding carboxylic acids is 1. The van der Waals surface area contributed by atoms with Gasteiger partial charge < -0.3 is 4.74 Å². The molecule has 0 bridgehead atoms. The van der Waals surface area contributed by atoms with E-state index in [9.17, 15) is 9.18 Å². The summed E-state index contributed by atoms with van der Waals surface area (Å²) in [5.74, 6) is -0.813. The molecule has 0 heterocycles. The highest BCUT2D eigenvalue weighted by atomic mass is 35.5. The Labute approximate surface area is 92.3 Å². The molecule has 0 atom stereocenters. The molecule has 2 nitrogen and oxygen atoms in total. The van der Waals surface area contributed by atoms with Gasteiger partial charge in [0.05, 0.1) is 17.9 Å². The van der Waals surface area contributed by atoms with Crippen molar-refractivity contribution in [2.45, 2.75) is 6.92 Å². The summed E-state index contributed by atoms with van der Waals surface area (Å²) in [5, 5.41) is -0.0642. The van der Waals surface area contributed by atoms with E-state index in [0.717, 1.165) is 6.07 Å². The first-order chi connectivity index (χ1) is 7.15. The van der Waals surface area contributed by atoms with E-state index in [4.69, 9.17) is 16.3 Å². The van der Waals surface area contributed by atoms with E-state index in [1.54, 1.807) is 0 Å². The average molecular weight is 229 g/mol. The van der Waals surface area contributed by atoms with Gasteiger partial charge in [0.2, 0.25) is 0 Å². The van der Waals surface area contributed by atoms with Gasteiger partial charge in [-0.15, -0.1) is 0 Å². The topological polar surface area (TPSA) is 26.3 Å². The van der Waals surface area contributed by atoms with Crippen molar-refractivity contribution in [1.29, 1.82) is 0 Å². The fourth-order valence-electron chi connectivity index (χ4n) is 0.952. The van der Waals surface area contributed by atoms with Gasteiger partial charge >= 0.3 is 0 Å². The van der Waals surface area contributed by atoms with Gasteiger partial charge in [-0.1, -0.05) is 11.6 Å². The molecular weight excluding hydrogens is 219 g/mol. The maximum atomic E-state index is 12.8. The first-order valence-corrected chi connectivity index (χ1v) is 4.80. The lowest BCUT2D eigenvalue weighted by atomic mass is 10.1. The van der Waals surface area contributed by atoms with Gasteiger partial charge in [-0.2, -0.15) is 0 Å². The lowest BCUT2D eigenvalue weighted by Gasteiger charge is -1.98. The number of allylic oxidation sites excluding steroid dienone is 1. The summed E-state index contributed by atoms with van der Waals surface area (Å²) in [7, 11) is 0. The second kappa shape index (κ2) is 5.51. The predicted octanol–water partition coefficient (Wildman–Crippen LogP) is 3.21. The van der Waals surface area contributed by atoms with E-state index < -0.39 is 5.82 Å². The molecule has 0 radical (unpaired) electrons. The minimum absolute atomic E-state index is 0.0642. The van der Waals surface area contributed by atoms with Crippen molar-refractivity contribution in [2.75, 3.05) is 6.61 Å². The van der Waals surface area contributed by atoms with E-state index in [2.05, 4.69) is 0 Å². The van der Waals surface area contributed by atoms with Crippen LogP contribution < -0.4 is 0 Å². The normalized spacial score (nSPS) is 10.6. The summed E-state index contributed by atoms with van der Waals surface area (Å²) in [6.45, 7) is 2.30. The number of benzene rings is 1. The molecule has 0 aromatic heterocycles. The zero-order chi connectivity index (χ0) is 11.3. The van der Waals surface area contributed by atoms with E-state index in [1.165, 1.54) is 24.5 Å². The lowest BCUT2D eigenvalue weighted by molar-refractivity contribution is 0.104. The average Bonchev–Trinajstić information content (AvgIpc) is 2.22. The first-order valence-electron chi connectivity index (χ1n) is 4.42. The summed E-state index contributed by atoms with van der Waals surface area (Å²) in [6, 6.07) is 3.82. The van der Waals surface area contributed by atoms with E-state index in [-0.39, 0.29) is 10.8 Å². The second-order valence-electron chi connectivity index (χ2n) is 2.75. The Kier molecular flexibility index (Phi) is 4.31. The molecule has 0 unspecified atom stereocenters. The molecule has 0 aliphatic heterocycles. The van der Waals surface area contributed by atoms with Gasteiger partial charge in [0.25, 0.3) is 0 Å². The molecule has 1 aromatic rings. The third-order valence-electron chi connectivity index (χ3n) is 1.69. The third kappa shape index (κ3) is 3.36. The van der Waals surface area contributed by atoms with Crippen molar-refractivity contribution < 1.29 is 13.9 Å². The predicted molar refractivity (Wildman–Crippen MR) is 56.5 cm³/mol. The van der Waals surface area contributed by atoms with Crippen LogP contribution in [-0.2, 0) is 4.74 Å². The van der Waals surface area contributed by atoms with Crippen LogP contribution in [0.2, 0.25) is 5.02 Å². The van der Waals surface area contributed by atoms with Crippen LogP contribution >= 0.6 is 11.6 Å². The van der Waals surface area contributed by atoms with E-state index in [1.807, 2.05) is 6.92 Å². The molecular formula is C11H10ClFO2. The van der Waals surface area contributed by atoms with Crippen LogP contribution in [-0.4, -0.2) is 12.4 Å². The van der Waals surface area contributed by atoms with Gasteiger partial charge in [0.1, 0.15) is 5.82 Å². The quantitative estimate of drug-likeness (QED) is 0.449. The van der Waals surface area contributed by atoms with Crippen molar-refractivity contribution in [3.8, 4) is 0 Å². The van der Waals surface area contributed by atoms with Crippen LogP contribution in [0.25, 0.3) is 0 Å². The van der Waals surface area contributed by atoms with Crippen LogP contribution in [0.4, 0.5) is 4.39 Å². The maximum absolute atomic E-state index is 12.8. The lowest BCUT2D eigenvalue weighted by Crippen LogP contribution is -1.95. The summed E-state index contributed by atoms with van der Waals surface area (Å²) < 4.78 is 17.7. The number of halogens is 2. The van der Waals surface area contributed by atoms with E-state index in [0.29, 0.717) is 12.2 Å². The molecule has 4 heteroatoms. The van der Waals surface area contributed by atoms with Crippen molar-refractivity contribution in [2.24, 2.45) is 0 Å². The molecule has 0 aliphatic carbocycles. The molecule has 0 amide bonds. The Morgan fingerprint density at radius 1 is 1.60 bits per heavy atom. The maximum Gasteiger partial charge on any atom is 0.188 e. The van der Waals surface area contributed by atoms with Crippen LogP contribution in [0.1, 0.15) is 17.3 Å². The summed E-state index contributed by atoms with van der Waals surface area (Å²) in [5.41, 5.74) is 0.331. The molecule has 0 spiro atoms. The van der Waals surface area contributed by atoms with E-state index >= 15 is 0 Å². The Balaban J connectivity index is 2.78. The van der Waals surface area contributed by atoms with Crippen molar-refractivity contribution in [3.63, 3.8) is 0 Å². The summed E-state index contributed by atoms with van der Waals surface area (Å²) in [4.78, 5) is 11.4. The van der Waals surface area contributed by atoms with Gasteiger partial charge in [-0.05, 0) is 25.1 Å². The Hall–Kier alpha value is -1.35. The fourth-order valence-corrected chi connectivity index (χ4v) is 1.13. The Bertz CT molecular complexity index is 388. The molecule has 0 saturated carbocycles. The fraction of sp³-hybridized carbons (Fsp3) is 0.182. The minimum atomic E-state index is -0.540. The number of rotatable bonds is 4. The SMILES string of the molecule is CCO/C=C/C(=O)c1ccc(F)c(Cl)c1. The molecule has 0 fully saturated rings. The standard InChI is InChI=1S/C11H10ClFO2/c1-2-15-6-5-11(14)8-3-4-10(13)9(12)7-8/h3-7H,2H2,1H3/b6-5+. The van der Waals surface area contributed by atoms with Crippen LogP contribution in [0.3, 0.4) is 0 Å². The van der Waals surface area contributed by atoms with Gasteiger partial charge in [-0.3, -0.25) is 4.79 Å². The highest BCUT2D eigenvalue weighted by Crippen LogP contribution is 2.16. The highest BCUT2D eigenvalue weighted by Gasteiger charge is 2.05. The minimum Gasteiger partial charge on any atom is -0.501 e.